The van der Waals surface area contributed by atoms with Gasteiger partial charge >= 0.3 is 0 Å². The SMILES string of the molecule is Cc1ccc(NC(=NC2CCCCC2)N2CCCCC2)cc1. The Kier molecular flexibility index (Phi) is 5.36. The molecule has 3 nitrogen and oxygen atoms in total. The molecule has 0 atom stereocenters. The van der Waals surface area contributed by atoms with Gasteiger partial charge in [0, 0.05) is 18.8 Å². The highest BCUT2D eigenvalue weighted by atomic mass is 15.3. The van der Waals surface area contributed by atoms with Crippen LogP contribution in [0.4, 0.5) is 5.69 Å². The molecule has 0 spiro atoms. The van der Waals surface area contributed by atoms with Crippen molar-refractivity contribution >= 4 is 11.6 Å². The molecule has 2 aliphatic rings. The molecule has 1 aliphatic carbocycles. The second-order valence-electron chi connectivity index (χ2n) is 6.78. The van der Waals surface area contributed by atoms with E-state index in [0.29, 0.717) is 6.04 Å². The largest absolute Gasteiger partial charge is 0.343 e. The van der Waals surface area contributed by atoms with Gasteiger partial charge in [-0.1, -0.05) is 37.0 Å². The van der Waals surface area contributed by atoms with Gasteiger partial charge in [-0.2, -0.15) is 0 Å². The van der Waals surface area contributed by atoms with Crippen molar-refractivity contribution in [2.45, 2.75) is 64.3 Å². The van der Waals surface area contributed by atoms with Gasteiger partial charge in [-0.25, -0.2) is 4.99 Å². The van der Waals surface area contributed by atoms with Crippen LogP contribution >= 0.6 is 0 Å². The predicted octanol–water partition coefficient (Wildman–Crippen LogP) is 4.58. The second-order valence-corrected chi connectivity index (χ2v) is 6.78. The lowest BCUT2D eigenvalue weighted by Crippen LogP contribution is -2.41. The summed E-state index contributed by atoms with van der Waals surface area (Å²) in [7, 11) is 0. The standard InChI is InChI=1S/C19H29N3/c1-16-10-12-18(13-11-16)21-19(22-14-6-3-7-15-22)20-17-8-4-2-5-9-17/h10-13,17H,2-9,14-15H2,1H3,(H,20,21). The van der Waals surface area contributed by atoms with Crippen molar-refractivity contribution in [2.75, 3.05) is 18.4 Å². The lowest BCUT2D eigenvalue weighted by Gasteiger charge is -2.31. The van der Waals surface area contributed by atoms with Crippen molar-refractivity contribution in [3.63, 3.8) is 0 Å². The maximum absolute atomic E-state index is 5.11. The summed E-state index contributed by atoms with van der Waals surface area (Å²) in [6, 6.07) is 9.17. The summed E-state index contributed by atoms with van der Waals surface area (Å²) < 4.78 is 0. The first-order valence-electron chi connectivity index (χ1n) is 8.98. The van der Waals surface area contributed by atoms with Crippen LogP contribution in [-0.2, 0) is 0 Å². The maximum atomic E-state index is 5.11. The molecule has 0 amide bonds. The number of nitrogens with zero attached hydrogens (tertiary/aromatic N) is 2. The van der Waals surface area contributed by atoms with Crippen molar-refractivity contribution in [1.29, 1.82) is 0 Å². The van der Waals surface area contributed by atoms with Crippen molar-refractivity contribution in [3.8, 4) is 0 Å². The summed E-state index contributed by atoms with van der Waals surface area (Å²) in [5.41, 5.74) is 2.46. The number of nitrogens with one attached hydrogen (secondary N) is 1. The molecule has 2 fully saturated rings. The molecule has 120 valence electrons. The minimum atomic E-state index is 0.517. The molecule has 0 bridgehead atoms. The van der Waals surface area contributed by atoms with Crippen LogP contribution < -0.4 is 5.32 Å². The van der Waals surface area contributed by atoms with Gasteiger partial charge in [-0.15, -0.1) is 0 Å². The highest BCUT2D eigenvalue weighted by Crippen LogP contribution is 2.22. The van der Waals surface area contributed by atoms with Gasteiger partial charge in [-0.05, 0) is 51.2 Å². The molecule has 0 unspecified atom stereocenters. The quantitative estimate of drug-likeness (QED) is 0.639. The Labute approximate surface area is 134 Å². The number of guanidine groups is 1. The Morgan fingerprint density at radius 2 is 1.59 bits per heavy atom. The number of aliphatic imine (C=N–C) groups is 1. The Bertz CT molecular complexity index is 480. The third-order valence-corrected chi connectivity index (χ3v) is 4.84. The number of rotatable bonds is 2. The minimum absolute atomic E-state index is 0.517. The van der Waals surface area contributed by atoms with Gasteiger partial charge in [0.1, 0.15) is 0 Å². The molecular formula is C19H29N3. The lowest BCUT2D eigenvalue weighted by molar-refractivity contribution is 0.336. The smallest absolute Gasteiger partial charge is 0.198 e. The van der Waals surface area contributed by atoms with Crippen LogP contribution in [-0.4, -0.2) is 30.0 Å². The van der Waals surface area contributed by atoms with Gasteiger partial charge in [0.05, 0.1) is 6.04 Å². The number of piperidine rings is 1. The van der Waals surface area contributed by atoms with E-state index < -0.39 is 0 Å². The van der Waals surface area contributed by atoms with Crippen LogP contribution in [0.3, 0.4) is 0 Å². The molecule has 1 aromatic carbocycles. The molecule has 0 aromatic heterocycles. The summed E-state index contributed by atoms with van der Waals surface area (Å²) >= 11 is 0. The third kappa shape index (κ3) is 4.25. The molecule has 1 aromatic rings. The zero-order valence-electron chi connectivity index (χ0n) is 13.9. The summed E-state index contributed by atoms with van der Waals surface area (Å²) in [5.74, 6) is 1.11. The van der Waals surface area contributed by atoms with E-state index in [1.165, 1.54) is 56.9 Å². The fourth-order valence-corrected chi connectivity index (χ4v) is 3.45. The minimum Gasteiger partial charge on any atom is -0.343 e. The summed E-state index contributed by atoms with van der Waals surface area (Å²) in [4.78, 5) is 7.56. The maximum Gasteiger partial charge on any atom is 0.198 e. The van der Waals surface area contributed by atoms with Gasteiger partial charge < -0.3 is 10.2 Å². The molecule has 0 radical (unpaired) electrons. The van der Waals surface area contributed by atoms with Crippen LogP contribution in [0.1, 0.15) is 56.9 Å². The fraction of sp³-hybridized carbons (Fsp3) is 0.632. The molecule has 1 saturated carbocycles. The first-order valence-corrected chi connectivity index (χ1v) is 8.98. The van der Waals surface area contributed by atoms with Crippen LogP contribution in [0.15, 0.2) is 29.3 Å². The monoisotopic (exact) mass is 299 g/mol. The number of benzene rings is 1. The van der Waals surface area contributed by atoms with Crippen LogP contribution in [0.5, 0.6) is 0 Å². The molecule has 1 N–H and O–H groups in total. The second kappa shape index (κ2) is 7.66. The lowest BCUT2D eigenvalue weighted by atomic mass is 9.96. The van der Waals surface area contributed by atoms with Gasteiger partial charge in [0.15, 0.2) is 5.96 Å². The molecule has 22 heavy (non-hydrogen) atoms. The molecular weight excluding hydrogens is 270 g/mol. The molecule has 1 heterocycles. The summed E-state index contributed by atoms with van der Waals surface area (Å²) in [6.07, 6.45) is 10.5. The predicted molar refractivity (Wildman–Crippen MR) is 94.5 cm³/mol. The first-order chi connectivity index (χ1) is 10.8. The van der Waals surface area contributed by atoms with Crippen LogP contribution in [0.25, 0.3) is 0 Å². The van der Waals surface area contributed by atoms with E-state index >= 15 is 0 Å². The molecule has 3 heteroatoms. The molecule has 3 rings (SSSR count). The number of anilines is 1. The van der Waals surface area contributed by atoms with E-state index in [1.807, 2.05) is 0 Å². The number of hydrogen-bond acceptors (Lipinski definition) is 1. The first kappa shape index (κ1) is 15.4. The van der Waals surface area contributed by atoms with Gasteiger partial charge in [0.2, 0.25) is 0 Å². The van der Waals surface area contributed by atoms with Gasteiger partial charge in [-0.3, -0.25) is 0 Å². The zero-order chi connectivity index (χ0) is 15.2. The van der Waals surface area contributed by atoms with Crippen molar-refractivity contribution in [2.24, 2.45) is 4.99 Å². The van der Waals surface area contributed by atoms with Crippen molar-refractivity contribution in [1.82, 2.24) is 4.90 Å². The molecule has 1 aliphatic heterocycles. The average Bonchev–Trinajstić information content (AvgIpc) is 2.58. The fourth-order valence-electron chi connectivity index (χ4n) is 3.45. The average molecular weight is 299 g/mol. The van der Waals surface area contributed by atoms with Crippen molar-refractivity contribution < 1.29 is 0 Å². The number of hydrogen-bond donors (Lipinski definition) is 1. The number of aryl methyl sites for hydroxylation is 1. The summed E-state index contributed by atoms with van der Waals surface area (Å²) in [5, 5.41) is 3.60. The summed E-state index contributed by atoms with van der Waals surface area (Å²) in [6.45, 7) is 4.42. The topological polar surface area (TPSA) is 27.6 Å². The molecule has 1 saturated heterocycles. The highest BCUT2D eigenvalue weighted by Gasteiger charge is 2.18. The van der Waals surface area contributed by atoms with E-state index in [2.05, 4.69) is 41.4 Å². The number of likely N-dealkylation sites (tertiary alicyclic amines) is 1. The van der Waals surface area contributed by atoms with Gasteiger partial charge in [0.25, 0.3) is 0 Å². The van der Waals surface area contributed by atoms with E-state index in [-0.39, 0.29) is 0 Å². The Hall–Kier alpha value is -1.51. The highest BCUT2D eigenvalue weighted by molar-refractivity contribution is 5.93. The van der Waals surface area contributed by atoms with Crippen LogP contribution in [0.2, 0.25) is 0 Å². The third-order valence-electron chi connectivity index (χ3n) is 4.84. The normalized spacial score (nSPS) is 21.0. The Balaban J connectivity index is 1.75. The van der Waals surface area contributed by atoms with E-state index in [4.69, 9.17) is 4.99 Å². The van der Waals surface area contributed by atoms with Crippen molar-refractivity contribution in [3.05, 3.63) is 29.8 Å². The Morgan fingerprint density at radius 3 is 2.27 bits per heavy atom. The van der Waals surface area contributed by atoms with E-state index in [9.17, 15) is 0 Å². The van der Waals surface area contributed by atoms with E-state index in [0.717, 1.165) is 24.7 Å². The Morgan fingerprint density at radius 1 is 0.955 bits per heavy atom. The van der Waals surface area contributed by atoms with E-state index in [1.54, 1.807) is 0 Å². The zero-order valence-corrected chi connectivity index (χ0v) is 13.9. The van der Waals surface area contributed by atoms with Crippen LogP contribution in [0, 0.1) is 6.92 Å².